The van der Waals surface area contributed by atoms with Gasteiger partial charge in [-0.2, -0.15) is 0 Å². The van der Waals surface area contributed by atoms with Crippen molar-refractivity contribution in [1.82, 2.24) is 19.8 Å². The van der Waals surface area contributed by atoms with E-state index < -0.39 is 0 Å². The molecule has 1 aliphatic heterocycles. The Morgan fingerprint density at radius 2 is 2.29 bits per heavy atom. The van der Waals surface area contributed by atoms with Crippen LogP contribution in [0.3, 0.4) is 0 Å². The number of nitrogens with one attached hydrogen (secondary N) is 1. The average molecular weight is 292 g/mol. The zero-order valence-corrected chi connectivity index (χ0v) is 13.7. The maximum absolute atomic E-state index is 12.1. The molecule has 2 atom stereocenters. The van der Waals surface area contributed by atoms with Gasteiger partial charge in [0.15, 0.2) is 0 Å². The Bertz CT molecular complexity index is 469. The summed E-state index contributed by atoms with van der Waals surface area (Å²) in [7, 11) is 2.02. The van der Waals surface area contributed by atoms with Gasteiger partial charge in [-0.25, -0.2) is 4.98 Å². The van der Waals surface area contributed by atoms with Gasteiger partial charge in [0.1, 0.15) is 5.82 Å². The number of rotatable bonds is 5. The van der Waals surface area contributed by atoms with Crippen LogP contribution in [-0.4, -0.2) is 39.5 Å². The molecule has 0 spiro atoms. The molecule has 1 aliphatic rings. The standard InChI is InChI=1S/C16H28N4O/c1-5-13-11-20(16(21)12(2)3)8-6-14(13)18-10-15-17-7-9-19(15)4/h7,9,12-14,18H,5-6,8,10-11H2,1-4H3/t13-,14+/m1/s1. The molecule has 1 fully saturated rings. The summed E-state index contributed by atoms with van der Waals surface area (Å²) in [6, 6.07) is 0.475. The minimum Gasteiger partial charge on any atom is -0.342 e. The molecule has 1 N–H and O–H groups in total. The maximum atomic E-state index is 12.1. The number of nitrogens with zero attached hydrogens (tertiary/aromatic N) is 3. The highest BCUT2D eigenvalue weighted by atomic mass is 16.2. The van der Waals surface area contributed by atoms with E-state index in [-0.39, 0.29) is 11.8 Å². The lowest BCUT2D eigenvalue weighted by molar-refractivity contribution is -0.136. The second-order valence-electron chi connectivity index (χ2n) is 6.34. The molecule has 0 aliphatic carbocycles. The van der Waals surface area contributed by atoms with Crippen molar-refractivity contribution in [3.05, 3.63) is 18.2 Å². The van der Waals surface area contributed by atoms with E-state index in [1.54, 1.807) is 0 Å². The van der Waals surface area contributed by atoms with Crippen LogP contribution in [0.25, 0.3) is 0 Å². The summed E-state index contributed by atoms with van der Waals surface area (Å²) in [6.45, 7) is 8.72. The highest BCUT2D eigenvalue weighted by Gasteiger charge is 2.30. The molecule has 0 unspecified atom stereocenters. The van der Waals surface area contributed by atoms with Gasteiger partial charge in [-0.1, -0.05) is 27.2 Å². The Morgan fingerprint density at radius 1 is 1.52 bits per heavy atom. The van der Waals surface area contributed by atoms with Gasteiger partial charge >= 0.3 is 0 Å². The number of hydrogen-bond acceptors (Lipinski definition) is 3. The highest BCUT2D eigenvalue weighted by Crippen LogP contribution is 2.22. The Labute approximate surface area is 127 Å². The summed E-state index contributed by atoms with van der Waals surface area (Å²) in [4.78, 5) is 18.5. The van der Waals surface area contributed by atoms with Gasteiger partial charge < -0.3 is 14.8 Å². The van der Waals surface area contributed by atoms with E-state index in [1.807, 2.05) is 42.8 Å². The van der Waals surface area contributed by atoms with Crippen molar-refractivity contribution >= 4 is 5.91 Å². The molecular weight excluding hydrogens is 264 g/mol. The topological polar surface area (TPSA) is 50.2 Å². The number of carbonyl (C=O) groups excluding carboxylic acids is 1. The third-order valence-corrected chi connectivity index (χ3v) is 4.51. The third kappa shape index (κ3) is 3.84. The summed E-state index contributed by atoms with van der Waals surface area (Å²) in [5.74, 6) is 1.97. The van der Waals surface area contributed by atoms with Crippen molar-refractivity contribution in [1.29, 1.82) is 0 Å². The van der Waals surface area contributed by atoms with E-state index >= 15 is 0 Å². The molecule has 21 heavy (non-hydrogen) atoms. The molecule has 0 radical (unpaired) electrons. The molecule has 1 aromatic heterocycles. The molecule has 1 saturated heterocycles. The molecule has 5 heteroatoms. The Balaban J connectivity index is 1.90. The molecule has 2 heterocycles. The van der Waals surface area contributed by atoms with Crippen LogP contribution in [0.15, 0.2) is 12.4 Å². The zero-order chi connectivity index (χ0) is 15.4. The molecule has 5 nitrogen and oxygen atoms in total. The number of piperidine rings is 1. The molecular formula is C16H28N4O. The number of imidazole rings is 1. The van der Waals surface area contributed by atoms with Gasteiger partial charge in [-0.05, 0) is 12.3 Å². The fourth-order valence-corrected chi connectivity index (χ4v) is 3.07. The average Bonchev–Trinajstić information content (AvgIpc) is 2.89. The van der Waals surface area contributed by atoms with Gasteiger partial charge in [-0.15, -0.1) is 0 Å². The van der Waals surface area contributed by atoms with Crippen molar-refractivity contribution in [3.8, 4) is 0 Å². The van der Waals surface area contributed by atoms with Gasteiger partial charge in [0.05, 0.1) is 6.54 Å². The van der Waals surface area contributed by atoms with E-state index in [2.05, 4.69) is 17.2 Å². The number of aryl methyl sites for hydroxylation is 1. The maximum Gasteiger partial charge on any atom is 0.225 e. The van der Waals surface area contributed by atoms with Gasteiger partial charge in [-0.3, -0.25) is 4.79 Å². The number of hydrogen-bond donors (Lipinski definition) is 1. The zero-order valence-electron chi connectivity index (χ0n) is 13.7. The van der Waals surface area contributed by atoms with Crippen LogP contribution >= 0.6 is 0 Å². The van der Waals surface area contributed by atoms with E-state index in [4.69, 9.17) is 0 Å². The van der Waals surface area contributed by atoms with Gasteiger partial charge in [0.2, 0.25) is 5.91 Å². The van der Waals surface area contributed by atoms with Crippen molar-refractivity contribution in [2.24, 2.45) is 18.9 Å². The van der Waals surface area contributed by atoms with Crippen LogP contribution in [0.1, 0.15) is 39.4 Å². The first kappa shape index (κ1) is 16.0. The van der Waals surface area contributed by atoms with Gasteiger partial charge in [0.25, 0.3) is 0 Å². The van der Waals surface area contributed by atoms with Crippen molar-refractivity contribution in [3.63, 3.8) is 0 Å². The molecule has 118 valence electrons. The van der Waals surface area contributed by atoms with Crippen LogP contribution in [0.4, 0.5) is 0 Å². The van der Waals surface area contributed by atoms with E-state index in [0.29, 0.717) is 12.0 Å². The fraction of sp³-hybridized carbons (Fsp3) is 0.750. The van der Waals surface area contributed by atoms with Crippen molar-refractivity contribution < 1.29 is 4.79 Å². The molecule has 2 rings (SSSR count). The second kappa shape index (κ2) is 7.07. The number of amides is 1. The van der Waals surface area contributed by atoms with E-state index in [0.717, 1.165) is 38.3 Å². The quantitative estimate of drug-likeness (QED) is 0.900. The Kier molecular flexibility index (Phi) is 5.39. The number of carbonyl (C=O) groups is 1. The summed E-state index contributed by atoms with van der Waals surface area (Å²) in [5.41, 5.74) is 0. The van der Waals surface area contributed by atoms with E-state index in [9.17, 15) is 4.79 Å². The Morgan fingerprint density at radius 3 is 2.86 bits per heavy atom. The van der Waals surface area contributed by atoms with E-state index in [1.165, 1.54) is 0 Å². The minimum atomic E-state index is 0.0968. The predicted molar refractivity (Wildman–Crippen MR) is 83.7 cm³/mol. The lowest BCUT2D eigenvalue weighted by atomic mass is 9.89. The van der Waals surface area contributed by atoms with Crippen LogP contribution in [-0.2, 0) is 18.4 Å². The molecule has 0 saturated carbocycles. The van der Waals surface area contributed by atoms with Crippen LogP contribution in [0, 0.1) is 11.8 Å². The highest BCUT2D eigenvalue weighted by molar-refractivity contribution is 5.78. The Hall–Kier alpha value is -1.36. The van der Waals surface area contributed by atoms with Crippen LogP contribution < -0.4 is 5.32 Å². The summed E-state index contributed by atoms with van der Waals surface area (Å²) >= 11 is 0. The third-order valence-electron chi connectivity index (χ3n) is 4.51. The smallest absolute Gasteiger partial charge is 0.225 e. The van der Waals surface area contributed by atoms with Crippen LogP contribution in [0.2, 0.25) is 0 Å². The lowest BCUT2D eigenvalue weighted by Gasteiger charge is -2.39. The number of likely N-dealkylation sites (tertiary alicyclic amines) is 1. The molecule has 0 bridgehead atoms. The SMILES string of the molecule is CC[C@@H]1CN(C(=O)C(C)C)CC[C@@H]1NCc1nccn1C. The first-order valence-electron chi connectivity index (χ1n) is 8.01. The first-order valence-corrected chi connectivity index (χ1v) is 8.01. The normalized spacial score (nSPS) is 22.8. The molecule has 1 amide bonds. The molecule has 0 aromatic carbocycles. The number of aromatic nitrogens is 2. The predicted octanol–water partition coefficient (Wildman–Crippen LogP) is 1.79. The lowest BCUT2D eigenvalue weighted by Crippen LogP contribution is -2.51. The largest absolute Gasteiger partial charge is 0.342 e. The van der Waals surface area contributed by atoms with Crippen LogP contribution in [0.5, 0.6) is 0 Å². The summed E-state index contributed by atoms with van der Waals surface area (Å²) in [6.07, 6.45) is 5.93. The monoisotopic (exact) mass is 292 g/mol. The summed E-state index contributed by atoms with van der Waals surface area (Å²) in [5, 5.41) is 3.63. The van der Waals surface area contributed by atoms with Crippen molar-refractivity contribution in [2.45, 2.75) is 46.2 Å². The summed E-state index contributed by atoms with van der Waals surface area (Å²) < 4.78 is 2.05. The van der Waals surface area contributed by atoms with Gasteiger partial charge in [0, 0.05) is 44.5 Å². The molecule has 1 aromatic rings. The fourth-order valence-electron chi connectivity index (χ4n) is 3.07. The van der Waals surface area contributed by atoms with Crippen molar-refractivity contribution in [2.75, 3.05) is 13.1 Å². The first-order chi connectivity index (χ1) is 10.0. The second-order valence-corrected chi connectivity index (χ2v) is 6.34. The minimum absolute atomic E-state index is 0.0968.